The molecule has 0 N–H and O–H groups in total. The van der Waals surface area contributed by atoms with E-state index in [1.165, 1.54) is 5.56 Å². The number of aromatic nitrogens is 3. The van der Waals surface area contributed by atoms with Crippen LogP contribution in [0.4, 0.5) is 0 Å². The zero-order valence-electron chi connectivity index (χ0n) is 27.7. The Kier molecular flexibility index (Phi) is 9.27. The van der Waals surface area contributed by atoms with Crippen molar-refractivity contribution in [3.63, 3.8) is 0 Å². The van der Waals surface area contributed by atoms with Crippen LogP contribution in [0.15, 0.2) is 24.5 Å². The van der Waals surface area contributed by atoms with Gasteiger partial charge in [0.05, 0.1) is 46.4 Å². The van der Waals surface area contributed by atoms with Crippen molar-refractivity contribution in [2.24, 2.45) is 5.92 Å². The fraction of sp³-hybridized carbons (Fsp3) is 0.647. The van der Waals surface area contributed by atoms with Gasteiger partial charge in [0.15, 0.2) is 22.9 Å². The molecule has 2 aromatic heterocycles. The minimum Gasteiger partial charge on any atom is -0.493 e. The Balaban J connectivity index is 1.69. The summed E-state index contributed by atoms with van der Waals surface area (Å²) in [6.45, 7) is 18.2. The first-order valence-electron chi connectivity index (χ1n) is 15.8. The van der Waals surface area contributed by atoms with Crippen LogP contribution in [0.3, 0.4) is 0 Å². The van der Waals surface area contributed by atoms with Gasteiger partial charge in [0.25, 0.3) is 0 Å². The summed E-state index contributed by atoms with van der Waals surface area (Å²) in [5.41, 5.74) is 4.85. The highest BCUT2D eigenvalue weighted by Crippen LogP contribution is 2.63. The van der Waals surface area contributed by atoms with E-state index < -0.39 is 16.0 Å². The van der Waals surface area contributed by atoms with Crippen LogP contribution in [0, 0.1) is 5.92 Å². The zero-order chi connectivity index (χ0) is 31.1. The average Bonchev–Trinajstić information content (AvgIpc) is 3.57. The third-order valence-corrected chi connectivity index (χ3v) is 15.2. The number of benzene rings is 1. The molecule has 3 heterocycles. The lowest BCUT2D eigenvalue weighted by atomic mass is 9.87. The van der Waals surface area contributed by atoms with Crippen molar-refractivity contribution in [3.05, 3.63) is 30.1 Å². The Morgan fingerprint density at radius 2 is 1.51 bits per heavy atom. The molecule has 1 saturated heterocycles. The monoisotopic (exact) mass is 613 g/mol. The van der Waals surface area contributed by atoms with E-state index in [4.69, 9.17) is 33.7 Å². The normalized spacial score (nSPS) is 20.0. The van der Waals surface area contributed by atoms with Crippen LogP contribution in [-0.4, -0.2) is 70.0 Å². The fourth-order valence-electron chi connectivity index (χ4n) is 7.81. The van der Waals surface area contributed by atoms with Gasteiger partial charge >= 0.3 is 0 Å². The standard InChI is InChI=1S/C34H51N3O5S/c1-21(2)43(22(3)4,23(5)6)37-20-27(24(7)25-12-13-34(18-25)41-14-11-15-42-34)31-33(37)35-19-28(36-31)26-16-29(38-8)32(40-10)30(17-26)39-9/h16-17,19-25H,11-15,18H2,1-10H3. The minimum absolute atomic E-state index is 0.269. The fourth-order valence-corrected chi connectivity index (χ4v) is 13.2. The number of hydrogen-bond acceptors (Lipinski definition) is 7. The van der Waals surface area contributed by atoms with Crippen molar-refractivity contribution >= 4 is 21.4 Å². The molecule has 2 atom stereocenters. The molecule has 2 fully saturated rings. The van der Waals surface area contributed by atoms with Crippen molar-refractivity contribution in [3.8, 4) is 28.5 Å². The lowest BCUT2D eigenvalue weighted by Crippen LogP contribution is -2.38. The van der Waals surface area contributed by atoms with Gasteiger partial charge in [-0.1, -0.05) is 48.5 Å². The number of rotatable bonds is 10. The number of ether oxygens (including phenoxy) is 5. The van der Waals surface area contributed by atoms with Crippen LogP contribution in [0.1, 0.15) is 85.6 Å². The molecule has 1 spiro atoms. The third kappa shape index (κ3) is 5.39. The molecular weight excluding hydrogens is 562 g/mol. The first-order valence-corrected chi connectivity index (χ1v) is 17.6. The van der Waals surface area contributed by atoms with Crippen molar-refractivity contribution in [1.29, 1.82) is 0 Å². The van der Waals surface area contributed by atoms with Crippen molar-refractivity contribution in [1.82, 2.24) is 13.9 Å². The molecule has 0 amide bonds. The van der Waals surface area contributed by atoms with Crippen LogP contribution >= 0.6 is 10.2 Å². The summed E-state index contributed by atoms with van der Waals surface area (Å²) < 4.78 is 31.9. The Morgan fingerprint density at radius 1 is 0.907 bits per heavy atom. The highest BCUT2D eigenvalue weighted by atomic mass is 32.3. The minimum atomic E-state index is -1.31. The first-order chi connectivity index (χ1) is 20.5. The SMILES string of the molecule is COc1cc(-c2cnc3c(n2)c(C(C)C2CCC4(C2)OCCCO4)cn3S(C(C)C)(C(C)C)C(C)C)cc(OC)c1OC. The van der Waals surface area contributed by atoms with Crippen molar-refractivity contribution in [2.45, 2.75) is 102 Å². The van der Waals surface area contributed by atoms with E-state index in [1.807, 2.05) is 18.3 Å². The van der Waals surface area contributed by atoms with Crippen molar-refractivity contribution in [2.75, 3.05) is 34.5 Å². The third-order valence-electron chi connectivity index (χ3n) is 9.74. The summed E-state index contributed by atoms with van der Waals surface area (Å²) in [5, 5.41) is 1.42. The Hall–Kier alpha value is -2.49. The Morgan fingerprint density at radius 3 is 2.05 bits per heavy atom. The van der Waals surface area contributed by atoms with E-state index in [0.717, 1.165) is 61.3 Å². The number of hydrogen-bond donors (Lipinski definition) is 0. The molecule has 2 aliphatic rings. The van der Waals surface area contributed by atoms with Crippen LogP contribution in [-0.2, 0) is 9.47 Å². The predicted molar refractivity (Wildman–Crippen MR) is 176 cm³/mol. The van der Waals surface area contributed by atoms with Gasteiger partial charge in [0.2, 0.25) is 5.75 Å². The van der Waals surface area contributed by atoms with E-state index in [0.29, 0.717) is 38.9 Å². The van der Waals surface area contributed by atoms with Crippen LogP contribution in [0.25, 0.3) is 22.4 Å². The Bertz CT molecular complexity index is 1380. The molecule has 1 aliphatic carbocycles. The van der Waals surface area contributed by atoms with Gasteiger partial charge in [-0.05, 0) is 36.8 Å². The number of methoxy groups -OCH3 is 3. The molecule has 238 valence electrons. The molecule has 3 aromatic rings. The van der Waals surface area contributed by atoms with E-state index >= 15 is 0 Å². The maximum atomic E-state index is 6.24. The van der Waals surface area contributed by atoms with Crippen LogP contribution < -0.4 is 14.2 Å². The maximum Gasteiger partial charge on any atom is 0.203 e. The molecule has 43 heavy (non-hydrogen) atoms. The predicted octanol–water partition coefficient (Wildman–Crippen LogP) is 7.95. The highest BCUT2D eigenvalue weighted by Gasteiger charge is 2.46. The molecule has 1 aliphatic heterocycles. The lowest BCUT2D eigenvalue weighted by Gasteiger charge is -2.52. The van der Waals surface area contributed by atoms with E-state index in [1.54, 1.807) is 21.3 Å². The largest absolute Gasteiger partial charge is 0.493 e. The highest BCUT2D eigenvalue weighted by molar-refractivity contribution is 8.33. The van der Waals surface area contributed by atoms with Gasteiger partial charge in [-0.3, -0.25) is 3.97 Å². The molecular formula is C34H51N3O5S. The van der Waals surface area contributed by atoms with E-state index in [2.05, 4.69) is 58.6 Å². The molecule has 8 nitrogen and oxygen atoms in total. The summed E-state index contributed by atoms with van der Waals surface area (Å²) in [7, 11) is 3.57. The smallest absolute Gasteiger partial charge is 0.203 e. The zero-order valence-corrected chi connectivity index (χ0v) is 28.5. The van der Waals surface area contributed by atoms with E-state index in [-0.39, 0.29) is 5.92 Å². The van der Waals surface area contributed by atoms with Gasteiger partial charge < -0.3 is 23.7 Å². The maximum absolute atomic E-state index is 6.24. The van der Waals surface area contributed by atoms with Gasteiger partial charge in [-0.2, -0.15) is 10.2 Å². The molecule has 2 unspecified atom stereocenters. The molecule has 1 aromatic carbocycles. The second-order valence-electron chi connectivity index (χ2n) is 12.9. The number of fused-ring (bicyclic) bond motifs is 1. The van der Waals surface area contributed by atoms with E-state index in [9.17, 15) is 0 Å². The average molecular weight is 614 g/mol. The lowest BCUT2D eigenvalue weighted by molar-refractivity contribution is -0.263. The van der Waals surface area contributed by atoms with Crippen LogP contribution in [0.2, 0.25) is 0 Å². The molecule has 0 bridgehead atoms. The van der Waals surface area contributed by atoms with Gasteiger partial charge in [-0.25, -0.2) is 9.97 Å². The summed E-state index contributed by atoms with van der Waals surface area (Å²) in [6, 6.07) is 3.89. The van der Waals surface area contributed by atoms with Gasteiger partial charge in [-0.15, -0.1) is 0 Å². The molecule has 1 saturated carbocycles. The van der Waals surface area contributed by atoms with Gasteiger partial charge in [0, 0.05) is 45.9 Å². The summed E-state index contributed by atoms with van der Waals surface area (Å²) in [6.07, 6.45) is 8.22. The topological polar surface area (TPSA) is 76.9 Å². The second kappa shape index (κ2) is 12.5. The quantitative estimate of drug-likeness (QED) is 0.230. The number of nitrogens with zero attached hydrogens (tertiary/aromatic N) is 3. The first kappa shape index (κ1) is 31.9. The van der Waals surface area contributed by atoms with Gasteiger partial charge in [0.1, 0.15) is 5.52 Å². The summed E-state index contributed by atoms with van der Waals surface area (Å²) >= 11 is 0. The molecule has 9 heteroatoms. The van der Waals surface area contributed by atoms with Crippen LogP contribution in [0.5, 0.6) is 17.2 Å². The summed E-state index contributed by atoms with van der Waals surface area (Å²) in [4.78, 5) is 10.6. The second-order valence-corrected chi connectivity index (χ2v) is 17.5. The van der Waals surface area contributed by atoms with Crippen molar-refractivity contribution < 1.29 is 23.7 Å². The Labute approximate surface area is 259 Å². The molecule has 0 radical (unpaired) electrons. The summed E-state index contributed by atoms with van der Waals surface area (Å²) in [5.74, 6) is 2.03. The molecule has 5 rings (SSSR count).